The minimum atomic E-state index is -0.563. The second-order valence-electron chi connectivity index (χ2n) is 4.59. The molecule has 17 heavy (non-hydrogen) atoms. The maximum absolute atomic E-state index is 11.5. The fourth-order valence-electron chi connectivity index (χ4n) is 1.13. The Morgan fingerprint density at radius 3 is 2.35 bits per heavy atom. The molecular formula is C11H22N2O3S. The number of carbonyl (C=O) groups excluding carboxylic acids is 2. The maximum Gasteiger partial charge on any atom is 0.408 e. The summed E-state index contributed by atoms with van der Waals surface area (Å²) in [7, 11) is 1.55. The molecule has 5 nitrogen and oxygen atoms in total. The number of rotatable bonds is 5. The van der Waals surface area contributed by atoms with Gasteiger partial charge in [0.25, 0.3) is 0 Å². The Bertz CT molecular complexity index is 264. The fourth-order valence-corrected chi connectivity index (χ4v) is 1.60. The minimum Gasteiger partial charge on any atom is -0.444 e. The molecule has 6 heteroatoms. The summed E-state index contributed by atoms with van der Waals surface area (Å²) in [6.07, 6.45) is 1.97. The largest absolute Gasteiger partial charge is 0.444 e. The summed E-state index contributed by atoms with van der Waals surface area (Å²) in [4.78, 5) is 23.1. The highest BCUT2D eigenvalue weighted by atomic mass is 32.2. The van der Waals surface area contributed by atoms with Crippen LogP contribution in [0.3, 0.4) is 0 Å². The molecule has 0 aliphatic carbocycles. The van der Waals surface area contributed by atoms with Crippen LogP contribution in [0.1, 0.15) is 27.2 Å². The fraction of sp³-hybridized carbons (Fsp3) is 0.818. The van der Waals surface area contributed by atoms with Crippen molar-refractivity contribution in [3.8, 4) is 0 Å². The van der Waals surface area contributed by atoms with E-state index in [4.69, 9.17) is 4.74 Å². The smallest absolute Gasteiger partial charge is 0.408 e. The van der Waals surface area contributed by atoms with E-state index >= 15 is 0 Å². The van der Waals surface area contributed by atoms with Crippen molar-refractivity contribution < 1.29 is 14.3 Å². The number of alkyl carbamates (subject to hydrolysis) is 1. The van der Waals surface area contributed by atoms with Gasteiger partial charge in [-0.25, -0.2) is 4.79 Å². The molecule has 0 aliphatic rings. The van der Waals surface area contributed by atoms with Crippen molar-refractivity contribution in [3.63, 3.8) is 0 Å². The van der Waals surface area contributed by atoms with Gasteiger partial charge in [0.15, 0.2) is 0 Å². The second-order valence-corrected chi connectivity index (χ2v) is 5.58. The summed E-state index contributed by atoms with van der Waals surface area (Å²) in [5.74, 6) is 0.596. The number of hydrogen-bond donors (Lipinski definition) is 2. The average molecular weight is 262 g/mol. The van der Waals surface area contributed by atoms with Gasteiger partial charge in [-0.2, -0.15) is 11.8 Å². The third-order valence-corrected chi connectivity index (χ3v) is 2.51. The van der Waals surface area contributed by atoms with Gasteiger partial charge in [-0.15, -0.1) is 0 Å². The zero-order valence-corrected chi connectivity index (χ0v) is 11.9. The first-order chi connectivity index (χ1) is 7.80. The van der Waals surface area contributed by atoms with E-state index in [2.05, 4.69) is 10.6 Å². The molecule has 0 spiro atoms. The maximum atomic E-state index is 11.5. The van der Waals surface area contributed by atoms with Crippen molar-refractivity contribution in [2.24, 2.45) is 0 Å². The normalized spacial score (nSPS) is 12.8. The van der Waals surface area contributed by atoms with Crippen molar-refractivity contribution >= 4 is 23.8 Å². The zero-order valence-electron chi connectivity index (χ0n) is 11.1. The number of amides is 2. The van der Waals surface area contributed by atoms with E-state index < -0.39 is 17.7 Å². The molecule has 0 saturated heterocycles. The summed E-state index contributed by atoms with van der Waals surface area (Å²) in [5, 5.41) is 5.10. The molecule has 2 amide bonds. The molecule has 0 unspecified atom stereocenters. The summed E-state index contributed by atoms with van der Waals surface area (Å²) in [6.45, 7) is 5.34. The summed E-state index contributed by atoms with van der Waals surface area (Å²) >= 11 is 1.63. The SMILES string of the molecule is CNC(=O)[C@H](CCSC)NC(=O)OC(C)(C)C. The van der Waals surface area contributed by atoms with Crippen LogP contribution in [0.5, 0.6) is 0 Å². The van der Waals surface area contributed by atoms with Gasteiger partial charge in [0.1, 0.15) is 11.6 Å². The quantitative estimate of drug-likeness (QED) is 0.785. The lowest BCUT2D eigenvalue weighted by Gasteiger charge is -2.22. The van der Waals surface area contributed by atoms with Gasteiger partial charge in [0.2, 0.25) is 5.91 Å². The summed E-state index contributed by atoms with van der Waals surface area (Å²) in [5.41, 5.74) is -0.559. The number of hydrogen-bond acceptors (Lipinski definition) is 4. The third kappa shape index (κ3) is 7.90. The van der Waals surface area contributed by atoms with Gasteiger partial charge >= 0.3 is 6.09 Å². The van der Waals surface area contributed by atoms with Crippen molar-refractivity contribution in [3.05, 3.63) is 0 Å². The van der Waals surface area contributed by atoms with E-state index in [1.54, 1.807) is 39.6 Å². The van der Waals surface area contributed by atoms with Crippen LogP contribution in [0.4, 0.5) is 4.79 Å². The Labute approximate surface area is 107 Å². The van der Waals surface area contributed by atoms with E-state index in [1.165, 1.54) is 0 Å². The first-order valence-electron chi connectivity index (χ1n) is 5.50. The van der Waals surface area contributed by atoms with Crippen LogP contribution in [0.2, 0.25) is 0 Å². The highest BCUT2D eigenvalue weighted by molar-refractivity contribution is 7.98. The molecule has 0 aromatic heterocycles. The molecule has 1 atom stereocenters. The summed E-state index contributed by atoms with van der Waals surface area (Å²) in [6, 6.07) is -0.540. The van der Waals surface area contributed by atoms with E-state index in [0.717, 1.165) is 5.75 Å². The highest BCUT2D eigenvalue weighted by Crippen LogP contribution is 2.08. The van der Waals surface area contributed by atoms with Crippen molar-refractivity contribution in [1.82, 2.24) is 10.6 Å². The molecule has 0 aromatic rings. The van der Waals surface area contributed by atoms with Crippen LogP contribution in [0, 0.1) is 0 Å². The topological polar surface area (TPSA) is 67.4 Å². The predicted molar refractivity (Wildman–Crippen MR) is 70.2 cm³/mol. The first kappa shape index (κ1) is 16.1. The molecule has 0 aromatic carbocycles. The van der Waals surface area contributed by atoms with Crippen LogP contribution in [0.15, 0.2) is 0 Å². The van der Waals surface area contributed by atoms with Crippen molar-refractivity contribution in [1.29, 1.82) is 0 Å². The van der Waals surface area contributed by atoms with Crippen LogP contribution >= 0.6 is 11.8 Å². The van der Waals surface area contributed by atoms with Gasteiger partial charge in [0.05, 0.1) is 0 Å². The molecule has 0 aliphatic heterocycles. The molecule has 0 saturated carbocycles. The molecule has 0 heterocycles. The lowest BCUT2D eigenvalue weighted by atomic mass is 10.2. The lowest BCUT2D eigenvalue weighted by Crippen LogP contribution is -2.47. The van der Waals surface area contributed by atoms with E-state index in [-0.39, 0.29) is 5.91 Å². The van der Waals surface area contributed by atoms with E-state index in [9.17, 15) is 9.59 Å². The molecule has 0 fully saturated rings. The standard InChI is InChI=1S/C11H22N2O3S/c1-11(2,3)16-10(15)13-8(6-7-17-5)9(14)12-4/h8H,6-7H2,1-5H3,(H,12,14)(H,13,15)/t8-/m0/s1. The number of ether oxygens (including phenoxy) is 1. The van der Waals surface area contributed by atoms with Crippen LogP contribution in [-0.2, 0) is 9.53 Å². The summed E-state index contributed by atoms with van der Waals surface area (Å²) < 4.78 is 5.11. The number of carbonyl (C=O) groups is 2. The monoisotopic (exact) mass is 262 g/mol. The number of likely N-dealkylation sites (N-methyl/N-ethyl adjacent to an activating group) is 1. The minimum absolute atomic E-state index is 0.204. The van der Waals surface area contributed by atoms with Gasteiger partial charge < -0.3 is 15.4 Å². The Morgan fingerprint density at radius 1 is 1.35 bits per heavy atom. The van der Waals surface area contributed by atoms with E-state index in [1.807, 2.05) is 6.26 Å². The van der Waals surface area contributed by atoms with Gasteiger partial charge in [-0.1, -0.05) is 0 Å². The Hall–Kier alpha value is -0.910. The van der Waals surface area contributed by atoms with Crippen LogP contribution in [0.25, 0.3) is 0 Å². The van der Waals surface area contributed by atoms with Gasteiger partial charge in [-0.3, -0.25) is 4.79 Å². The third-order valence-electron chi connectivity index (χ3n) is 1.86. The Balaban J connectivity index is 4.32. The zero-order chi connectivity index (χ0) is 13.5. The Morgan fingerprint density at radius 2 is 1.94 bits per heavy atom. The van der Waals surface area contributed by atoms with Crippen LogP contribution in [-0.4, -0.2) is 42.7 Å². The number of thioether (sulfide) groups is 1. The average Bonchev–Trinajstić information content (AvgIpc) is 2.20. The molecule has 0 bridgehead atoms. The molecule has 0 rings (SSSR count). The molecule has 100 valence electrons. The first-order valence-corrected chi connectivity index (χ1v) is 6.89. The molecular weight excluding hydrogens is 240 g/mol. The molecule has 0 radical (unpaired) electrons. The van der Waals surface area contributed by atoms with Crippen LogP contribution < -0.4 is 10.6 Å². The Kier molecular flexibility index (Phi) is 7.03. The number of nitrogens with one attached hydrogen (secondary N) is 2. The van der Waals surface area contributed by atoms with Gasteiger partial charge in [0, 0.05) is 7.05 Å². The highest BCUT2D eigenvalue weighted by Gasteiger charge is 2.23. The van der Waals surface area contributed by atoms with Crippen molar-refractivity contribution in [2.75, 3.05) is 19.1 Å². The van der Waals surface area contributed by atoms with Crippen molar-refractivity contribution in [2.45, 2.75) is 38.8 Å². The predicted octanol–water partition coefficient (Wildman–Crippen LogP) is 1.38. The second kappa shape index (κ2) is 7.42. The molecule has 2 N–H and O–H groups in total. The lowest BCUT2D eigenvalue weighted by molar-refractivity contribution is -0.122. The van der Waals surface area contributed by atoms with E-state index in [0.29, 0.717) is 6.42 Å². The van der Waals surface area contributed by atoms with Gasteiger partial charge in [-0.05, 0) is 39.2 Å².